The third-order valence-electron chi connectivity index (χ3n) is 4.27. The number of nitrogens with zero attached hydrogens (tertiary/aromatic N) is 1. The highest BCUT2D eigenvalue weighted by molar-refractivity contribution is 5.85. The third kappa shape index (κ3) is 5.67. The van der Waals surface area contributed by atoms with E-state index < -0.39 is 0 Å². The molecule has 1 saturated heterocycles. The molecule has 0 aromatic heterocycles. The molecule has 2 rings (SSSR count). The minimum absolute atomic E-state index is 0. The van der Waals surface area contributed by atoms with Gasteiger partial charge in [-0.1, -0.05) is 25.7 Å². The van der Waals surface area contributed by atoms with E-state index in [-0.39, 0.29) is 18.3 Å². The second-order valence-electron chi connectivity index (χ2n) is 5.82. The van der Waals surface area contributed by atoms with Gasteiger partial charge in [-0.05, 0) is 32.9 Å². The van der Waals surface area contributed by atoms with Crippen LogP contribution in [0.2, 0.25) is 0 Å². The number of likely N-dealkylation sites (N-methyl/N-ethyl adjacent to an activating group) is 1. The van der Waals surface area contributed by atoms with Crippen molar-refractivity contribution in [2.24, 2.45) is 0 Å². The molecule has 2 N–H and O–H groups in total. The zero-order valence-corrected chi connectivity index (χ0v) is 12.8. The molecule has 1 aliphatic heterocycles. The molecular weight excluding hydrogens is 262 g/mol. The van der Waals surface area contributed by atoms with Crippen LogP contribution in [-0.4, -0.2) is 49.6 Å². The predicted octanol–water partition coefficient (Wildman–Crippen LogP) is 1.54. The van der Waals surface area contributed by atoms with Crippen molar-refractivity contribution in [1.82, 2.24) is 15.5 Å². The summed E-state index contributed by atoms with van der Waals surface area (Å²) in [6.45, 7) is 2.65. The summed E-state index contributed by atoms with van der Waals surface area (Å²) in [6, 6.07) is 0.958. The summed E-state index contributed by atoms with van der Waals surface area (Å²) in [5.74, 6) is 0.205. The Kier molecular flexibility index (Phi) is 7.73. The maximum Gasteiger partial charge on any atom is 0.234 e. The van der Waals surface area contributed by atoms with Gasteiger partial charge in [0.1, 0.15) is 0 Å². The van der Waals surface area contributed by atoms with Gasteiger partial charge >= 0.3 is 0 Å². The van der Waals surface area contributed by atoms with Gasteiger partial charge in [0.2, 0.25) is 5.91 Å². The van der Waals surface area contributed by atoms with Crippen molar-refractivity contribution in [3.63, 3.8) is 0 Å². The molecule has 5 heteroatoms. The molecule has 19 heavy (non-hydrogen) atoms. The van der Waals surface area contributed by atoms with Gasteiger partial charge in [-0.15, -0.1) is 12.4 Å². The maximum atomic E-state index is 12.0. The topological polar surface area (TPSA) is 44.4 Å². The average Bonchev–Trinajstić information content (AvgIpc) is 2.76. The summed E-state index contributed by atoms with van der Waals surface area (Å²) in [5.41, 5.74) is 0. The molecule has 0 spiro atoms. The van der Waals surface area contributed by atoms with E-state index in [1.54, 1.807) is 0 Å². The zero-order chi connectivity index (χ0) is 12.8. The Bertz CT molecular complexity index is 255. The standard InChI is InChI=1S/C14H27N3O.ClH/c1-17(13-8-9-15-10-13)11-14(18)16-12-6-4-2-3-5-7-12;/h12-13,15H,2-11H2,1H3,(H,16,18);1H. The number of hydrogen-bond acceptors (Lipinski definition) is 3. The van der Waals surface area contributed by atoms with E-state index in [1.165, 1.54) is 38.5 Å². The van der Waals surface area contributed by atoms with E-state index in [9.17, 15) is 4.79 Å². The Hall–Kier alpha value is -0.320. The molecule has 0 bridgehead atoms. The van der Waals surface area contributed by atoms with Crippen LogP contribution >= 0.6 is 12.4 Å². The molecular formula is C14H28ClN3O. The second kappa shape index (κ2) is 8.77. The van der Waals surface area contributed by atoms with E-state index >= 15 is 0 Å². The first kappa shape index (κ1) is 16.7. The minimum Gasteiger partial charge on any atom is -0.352 e. The first-order valence-corrected chi connectivity index (χ1v) is 7.46. The van der Waals surface area contributed by atoms with Gasteiger partial charge < -0.3 is 10.6 Å². The molecule has 2 aliphatic rings. The summed E-state index contributed by atoms with van der Waals surface area (Å²) in [7, 11) is 2.06. The highest BCUT2D eigenvalue weighted by atomic mass is 35.5. The van der Waals surface area contributed by atoms with Gasteiger partial charge in [0, 0.05) is 18.6 Å². The number of nitrogens with one attached hydrogen (secondary N) is 2. The molecule has 0 aromatic rings. The summed E-state index contributed by atoms with van der Waals surface area (Å²) in [5, 5.41) is 6.55. The van der Waals surface area contributed by atoms with Crippen LogP contribution in [-0.2, 0) is 4.79 Å². The van der Waals surface area contributed by atoms with Crippen molar-refractivity contribution >= 4 is 18.3 Å². The molecule has 112 valence electrons. The Labute approximate surface area is 123 Å². The number of carbonyl (C=O) groups excluding carboxylic acids is 1. The van der Waals surface area contributed by atoms with Crippen molar-refractivity contribution < 1.29 is 4.79 Å². The molecule has 1 aliphatic carbocycles. The fourth-order valence-electron chi connectivity index (χ4n) is 3.07. The summed E-state index contributed by atoms with van der Waals surface area (Å²) >= 11 is 0. The summed E-state index contributed by atoms with van der Waals surface area (Å²) in [4.78, 5) is 14.2. The summed E-state index contributed by atoms with van der Waals surface area (Å²) in [6.07, 6.45) is 8.70. The molecule has 1 saturated carbocycles. The lowest BCUT2D eigenvalue weighted by Gasteiger charge is -2.24. The normalized spacial score (nSPS) is 24.8. The monoisotopic (exact) mass is 289 g/mol. The fraction of sp³-hybridized carbons (Fsp3) is 0.929. The van der Waals surface area contributed by atoms with E-state index in [0.717, 1.165) is 19.5 Å². The van der Waals surface area contributed by atoms with Crippen LogP contribution < -0.4 is 10.6 Å². The molecule has 1 amide bonds. The minimum atomic E-state index is 0. The third-order valence-corrected chi connectivity index (χ3v) is 4.27. The van der Waals surface area contributed by atoms with E-state index in [2.05, 4.69) is 22.6 Å². The van der Waals surface area contributed by atoms with Crippen LogP contribution in [0.1, 0.15) is 44.9 Å². The summed E-state index contributed by atoms with van der Waals surface area (Å²) < 4.78 is 0. The lowest BCUT2D eigenvalue weighted by Crippen LogP contribution is -2.44. The Balaban J connectivity index is 0.00000180. The van der Waals surface area contributed by atoms with E-state index in [0.29, 0.717) is 18.6 Å². The lowest BCUT2D eigenvalue weighted by atomic mass is 10.1. The van der Waals surface area contributed by atoms with Crippen LogP contribution in [0.25, 0.3) is 0 Å². The SMILES string of the molecule is CN(CC(=O)NC1CCCCCC1)C1CCNC1.Cl. The number of halogens is 1. The number of rotatable bonds is 4. The molecule has 1 atom stereocenters. The maximum absolute atomic E-state index is 12.0. The quantitative estimate of drug-likeness (QED) is 0.772. The van der Waals surface area contributed by atoms with Crippen LogP contribution in [0.5, 0.6) is 0 Å². The van der Waals surface area contributed by atoms with Gasteiger partial charge in [0.15, 0.2) is 0 Å². The van der Waals surface area contributed by atoms with Crippen LogP contribution in [0.4, 0.5) is 0 Å². The average molecular weight is 290 g/mol. The van der Waals surface area contributed by atoms with Crippen molar-refractivity contribution in [3.05, 3.63) is 0 Å². The Morgan fingerprint density at radius 2 is 1.89 bits per heavy atom. The van der Waals surface area contributed by atoms with E-state index in [4.69, 9.17) is 0 Å². The number of hydrogen-bond donors (Lipinski definition) is 2. The van der Waals surface area contributed by atoms with Crippen molar-refractivity contribution in [2.75, 3.05) is 26.7 Å². The van der Waals surface area contributed by atoms with Gasteiger partial charge in [0.05, 0.1) is 6.54 Å². The Morgan fingerprint density at radius 3 is 2.47 bits per heavy atom. The highest BCUT2D eigenvalue weighted by Gasteiger charge is 2.22. The largest absolute Gasteiger partial charge is 0.352 e. The smallest absolute Gasteiger partial charge is 0.234 e. The lowest BCUT2D eigenvalue weighted by molar-refractivity contribution is -0.123. The molecule has 1 unspecified atom stereocenters. The van der Waals surface area contributed by atoms with Crippen LogP contribution in [0, 0.1) is 0 Å². The molecule has 0 aromatic carbocycles. The van der Waals surface area contributed by atoms with Crippen LogP contribution in [0.3, 0.4) is 0 Å². The number of amides is 1. The van der Waals surface area contributed by atoms with Crippen molar-refractivity contribution in [3.8, 4) is 0 Å². The molecule has 4 nitrogen and oxygen atoms in total. The molecule has 2 fully saturated rings. The first-order chi connectivity index (χ1) is 8.75. The number of carbonyl (C=O) groups is 1. The zero-order valence-electron chi connectivity index (χ0n) is 12.0. The van der Waals surface area contributed by atoms with Crippen molar-refractivity contribution in [1.29, 1.82) is 0 Å². The Morgan fingerprint density at radius 1 is 1.21 bits per heavy atom. The first-order valence-electron chi connectivity index (χ1n) is 7.46. The fourth-order valence-corrected chi connectivity index (χ4v) is 3.07. The predicted molar refractivity (Wildman–Crippen MR) is 80.8 cm³/mol. The van der Waals surface area contributed by atoms with Gasteiger partial charge in [0.25, 0.3) is 0 Å². The molecule has 1 heterocycles. The highest BCUT2D eigenvalue weighted by Crippen LogP contribution is 2.17. The van der Waals surface area contributed by atoms with Crippen LogP contribution in [0.15, 0.2) is 0 Å². The van der Waals surface area contributed by atoms with Gasteiger partial charge in [-0.3, -0.25) is 9.69 Å². The van der Waals surface area contributed by atoms with Crippen molar-refractivity contribution in [2.45, 2.75) is 57.0 Å². The second-order valence-corrected chi connectivity index (χ2v) is 5.82. The molecule has 0 radical (unpaired) electrons. The van der Waals surface area contributed by atoms with Gasteiger partial charge in [-0.25, -0.2) is 0 Å². The van der Waals surface area contributed by atoms with E-state index in [1.807, 2.05) is 0 Å². The van der Waals surface area contributed by atoms with Gasteiger partial charge in [-0.2, -0.15) is 0 Å².